The maximum Gasteiger partial charge on any atom is 0.193 e. The van der Waals surface area contributed by atoms with E-state index in [1.54, 1.807) is 7.05 Å². The molecule has 25 heavy (non-hydrogen) atoms. The van der Waals surface area contributed by atoms with Crippen molar-refractivity contribution in [2.45, 2.75) is 25.0 Å². The molecule has 0 saturated carbocycles. The van der Waals surface area contributed by atoms with E-state index in [-0.39, 0.29) is 24.0 Å². The molecule has 0 aliphatic heterocycles. The Morgan fingerprint density at radius 2 is 2.08 bits per heavy atom. The second-order valence-electron chi connectivity index (χ2n) is 6.56. The smallest absolute Gasteiger partial charge is 0.193 e. The van der Waals surface area contributed by atoms with Gasteiger partial charge in [-0.1, -0.05) is 24.3 Å². The normalized spacial score (nSPS) is 19.3. The summed E-state index contributed by atoms with van der Waals surface area (Å²) in [5, 5.41) is 14.4. The predicted octanol–water partition coefficient (Wildman–Crippen LogP) is 2.48. The highest BCUT2D eigenvalue weighted by molar-refractivity contribution is 14.0. The maximum absolute atomic E-state index is 11.0. The molecule has 0 fully saturated rings. The van der Waals surface area contributed by atoms with Crippen LogP contribution in [0, 0.1) is 0 Å². The number of aromatic nitrogens is 1. The molecule has 0 amide bonds. The van der Waals surface area contributed by atoms with Crippen LogP contribution in [0.15, 0.2) is 47.6 Å². The highest BCUT2D eigenvalue weighted by atomic mass is 127. The molecule has 6 heteroatoms. The van der Waals surface area contributed by atoms with Gasteiger partial charge in [-0.2, -0.15) is 0 Å². The van der Waals surface area contributed by atoms with Gasteiger partial charge in [0.15, 0.2) is 5.96 Å². The van der Waals surface area contributed by atoms with E-state index in [2.05, 4.69) is 31.9 Å². The predicted molar refractivity (Wildman–Crippen MR) is 112 cm³/mol. The zero-order valence-corrected chi connectivity index (χ0v) is 17.4. The summed E-state index contributed by atoms with van der Waals surface area (Å²) in [5.41, 5.74) is 2.68. The molecule has 1 atom stereocenters. The van der Waals surface area contributed by atoms with Crippen molar-refractivity contribution in [1.29, 1.82) is 0 Å². The molecule has 1 aliphatic carbocycles. The summed E-state index contributed by atoms with van der Waals surface area (Å²) in [5.74, 6) is 0.786. The van der Waals surface area contributed by atoms with E-state index < -0.39 is 5.60 Å². The molecule has 3 rings (SSSR count). The first-order valence-corrected chi connectivity index (χ1v) is 8.36. The summed E-state index contributed by atoms with van der Waals surface area (Å²) in [7, 11) is 5.82. The number of guanidine groups is 1. The minimum Gasteiger partial charge on any atom is -0.383 e. The fourth-order valence-electron chi connectivity index (χ4n) is 3.44. The van der Waals surface area contributed by atoms with Gasteiger partial charge in [-0.15, -0.1) is 24.0 Å². The number of hydrogen-bond acceptors (Lipinski definition) is 2. The standard InChI is InChI=1S/C19H26N4O.HI/c1-20-18(23(3)13-16-8-6-12-22(16)2)21-14-19(24)11-10-15-7-4-5-9-17(15)19;/h4-9,12,24H,10-11,13-14H2,1-3H3,(H,20,21);1H. The van der Waals surface area contributed by atoms with Gasteiger partial charge in [0, 0.05) is 33.0 Å². The summed E-state index contributed by atoms with van der Waals surface area (Å²) in [6.45, 7) is 1.23. The largest absolute Gasteiger partial charge is 0.383 e. The second-order valence-corrected chi connectivity index (χ2v) is 6.56. The number of fused-ring (bicyclic) bond motifs is 1. The molecule has 1 aromatic heterocycles. The Morgan fingerprint density at radius 3 is 2.76 bits per heavy atom. The van der Waals surface area contributed by atoms with Crippen LogP contribution in [0.1, 0.15) is 23.2 Å². The second kappa shape index (κ2) is 8.23. The van der Waals surface area contributed by atoms with Gasteiger partial charge in [-0.25, -0.2) is 0 Å². The maximum atomic E-state index is 11.0. The van der Waals surface area contributed by atoms with Crippen molar-refractivity contribution in [3.8, 4) is 0 Å². The number of rotatable bonds is 4. The van der Waals surface area contributed by atoms with Crippen molar-refractivity contribution in [1.82, 2.24) is 14.8 Å². The van der Waals surface area contributed by atoms with Crippen LogP contribution in [0.2, 0.25) is 0 Å². The molecule has 0 spiro atoms. The SMILES string of the molecule is CN=C(NCC1(O)CCc2ccccc21)N(C)Cc1cccn1C.I. The number of hydrogen-bond donors (Lipinski definition) is 2. The molecular formula is C19H27IN4O. The number of nitrogens with zero attached hydrogens (tertiary/aromatic N) is 3. The molecule has 2 N–H and O–H groups in total. The zero-order chi connectivity index (χ0) is 17.2. The Hall–Kier alpha value is -1.54. The van der Waals surface area contributed by atoms with E-state index >= 15 is 0 Å². The van der Waals surface area contributed by atoms with Crippen molar-refractivity contribution in [2.75, 3.05) is 20.6 Å². The van der Waals surface area contributed by atoms with Gasteiger partial charge in [0.25, 0.3) is 0 Å². The fourth-order valence-corrected chi connectivity index (χ4v) is 3.44. The number of nitrogens with one attached hydrogen (secondary N) is 1. The highest BCUT2D eigenvalue weighted by Crippen LogP contribution is 2.36. The fraction of sp³-hybridized carbons (Fsp3) is 0.421. The van der Waals surface area contributed by atoms with E-state index in [4.69, 9.17) is 0 Å². The number of benzene rings is 1. The lowest BCUT2D eigenvalue weighted by Crippen LogP contribution is -2.45. The molecule has 1 heterocycles. The van der Waals surface area contributed by atoms with Gasteiger partial charge in [0.05, 0.1) is 13.1 Å². The average molecular weight is 454 g/mol. The molecule has 0 bridgehead atoms. The number of aryl methyl sites for hydroxylation is 2. The average Bonchev–Trinajstić information content (AvgIpc) is 3.13. The van der Waals surface area contributed by atoms with E-state index in [1.165, 1.54) is 11.3 Å². The first-order chi connectivity index (χ1) is 11.5. The first kappa shape index (κ1) is 19.8. The van der Waals surface area contributed by atoms with Gasteiger partial charge in [0.2, 0.25) is 0 Å². The Kier molecular flexibility index (Phi) is 6.51. The van der Waals surface area contributed by atoms with Crippen LogP contribution in [0.4, 0.5) is 0 Å². The Balaban J connectivity index is 0.00000225. The van der Waals surface area contributed by atoms with E-state index in [9.17, 15) is 5.11 Å². The van der Waals surface area contributed by atoms with Crippen LogP contribution in [0.25, 0.3) is 0 Å². The number of aliphatic hydroxyl groups is 1. The van der Waals surface area contributed by atoms with Gasteiger partial charge < -0.3 is 19.9 Å². The van der Waals surface area contributed by atoms with Crippen molar-refractivity contribution < 1.29 is 5.11 Å². The van der Waals surface area contributed by atoms with Crippen molar-refractivity contribution in [3.05, 3.63) is 59.4 Å². The van der Waals surface area contributed by atoms with Crippen molar-refractivity contribution in [2.24, 2.45) is 12.0 Å². The van der Waals surface area contributed by atoms with Gasteiger partial charge in [-0.05, 0) is 36.1 Å². The minimum atomic E-state index is -0.821. The molecule has 0 saturated heterocycles. The number of aliphatic imine (C=N–C) groups is 1. The first-order valence-electron chi connectivity index (χ1n) is 8.36. The molecule has 0 radical (unpaired) electrons. The van der Waals surface area contributed by atoms with Gasteiger partial charge in [0.1, 0.15) is 5.60 Å². The lowest BCUT2D eigenvalue weighted by molar-refractivity contribution is 0.0426. The lowest BCUT2D eigenvalue weighted by atomic mass is 9.96. The summed E-state index contributed by atoms with van der Waals surface area (Å²) < 4.78 is 2.10. The Labute approximate surface area is 166 Å². The minimum absolute atomic E-state index is 0. The zero-order valence-electron chi connectivity index (χ0n) is 15.1. The number of halogens is 1. The molecule has 1 unspecified atom stereocenters. The highest BCUT2D eigenvalue weighted by Gasteiger charge is 2.36. The van der Waals surface area contributed by atoms with Crippen LogP contribution < -0.4 is 5.32 Å². The topological polar surface area (TPSA) is 52.8 Å². The summed E-state index contributed by atoms with van der Waals surface area (Å²) >= 11 is 0. The summed E-state index contributed by atoms with van der Waals surface area (Å²) in [6, 6.07) is 12.3. The quantitative estimate of drug-likeness (QED) is 0.424. The van der Waals surface area contributed by atoms with Crippen LogP contribution in [-0.2, 0) is 25.6 Å². The Morgan fingerprint density at radius 1 is 1.32 bits per heavy atom. The Bertz CT molecular complexity index is 743. The molecule has 136 valence electrons. The van der Waals surface area contributed by atoms with E-state index in [1.807, 2.05) is 44.6 Å². The van der Waals surface area contributed by atoms with Gasteiger partial charge in [-0.3, -0.25) is 4.99 Å². The van der Waals surface area contributed by atoms with E-state index in [0.717, 1.165) is 30.9 Å². The third-order valence-electron chi connectivity index (χ3n) is 4.89. The third kappa shape index (κ3) is 4.17. The van der Waals surface area contributed by atoms with Crippen LogP contribution >= 0.6 is 24.0 Å². The monoisotopic (exact) mass is 454 g/mol. The molecule has 5 nitrogen and oxygen atoms in total. The lowest BCUT2D eigenvalue weighted by Gasteiger charge is -2.28. The van der Waals surface area contributed by atoms with Gasteiger partial charge >= 0.3 is 0 Å². The summed E-state index contributed by atoms with van der Waals surface area (Å²) in [4.78, 5) is 6.43. The van der Waals surface area contributed by atoms with Crippen molar-refractivity contribution in [3.63, 3.8) is 0 Å². The van der Waals surface area contributed by atoms with Crippen molar-refractivity contribution >= 4 is 29.9 Å². The molecular weight excluding hydrogens is 427 g/mol. The van der Waals surface area contributed by atoms with Crippen LogP contribution in [0.5, 0.6) is 0 Å². The van der Waals surface area contributed by atoms with Crippen LogP contribution in [0.3, 0.4) is 0 Å². The molecule has 1 aliphatic rings. The molecule has 2 aromatic rings. The third-order valence-corrected chi connectivity index (χ3v) is 4.89. The molecule has 1 aromatic carbocycles. The van der Waals surface area contributed by atoms with Crippen LogP contribution in [-0.4, -0.2) is 41.2 Å². The summed E-state index contributed by atoms with van der Waals surface area (Å²) in [6.07, 6.45) is 3.71. The van der Waals surface area contributed by atoms with E-state index in [0.29, 0.717) is 6.54 Å².